The summed E-state index contributed by atoms with van der Waals surface area (Å²) in [5.41, 5.74) is 3.16. The summed E-state index contributed by atoms with van der Waals surface area (Å²) in [7, 11) is 0. The minimum Gasteiger partial charge on any atom is -0.346 e. The Morgan fingerprint density at radius 1 is 1.12 bits per heavy atom. The van der Waals surface area contributed by atoms with Gasteiger partial charge in [0.15, 0.2) is 5.16 Å². The molecule has 0 aliphatic carbocycles. The van der Waals surface area contributed by atoms with Crippen LogP contribution in [-0.2, 0) is 12.3 Å². The fourth-order valence-electron chi connectivity index (χ4n) is 3.00. The molecule has 0 aliphatic heterocycles. The average molecular weight is 468 g/mol. The second kappa shape index (κ2) is 10.1. The number of thioether (sulfide) groups is 1. The van der Waals surface area contributed by atoms with E-state index in [0.29, 0.717) is 23.2 Å². The van der Waals surface area contributed by atoms with Crippen LogP contribution in [0.5, 0.6) is 0 Å². The zero-order valence-corrected chi connectivity index (χ0v) is 19.3. The van der Waals surface area contributed by atoms with Crippen molar-refractivity contribution in [2.45, 2.75) is 37.2 Å². The van der Waals surface area contributed by atoms with Crippen molar-refractivity contribution in [2.24, 2.45) is 0 Å². The van der Waals surface area contributed by atoms with Crippen LogP contribution < -0.4 is 5.32 Å². The zero-order valence-electron chi connectivity index (χ0n) is 17.7. The number of nitrogens with one attached hydrogen (secondary N) is 1. The van der Waals surface area contributed by atoms with Gasteiger partial charge in [0, 0.05) is 24.6 Å². The number of carbonyl (C=O) groups excluding carboxylic acids is 1. The van der Waals surface area contributed by atoms with Crippen molar-refractivity contribution in [3.63, 3.8) is 0 Å². The molecule has 2 heterocycles. The molecular weight excluding hydrogens is 445 g/mol. The molecule has 0 aliphatic rings. The van der Waals surface area contributed by atoms with Gasteiger partial charge >= 0.3 is 0 Å². The van der Waals surface area contributed by atoms with Crippen LogP contribution in [0.25, 0.3) is 5.69 Å². The van der Waals surface area contributed by atoms with Crippen LogP contribution in [0.4, 0.5) is 4.39 Å². The number of nitrogens with zero attached hydrogens (tertiary/aromatic N) is 4. The van der Waals surface area contributed by atoms with Crippen LogP contribution in [0, 0.1) is 5.82 Å². The Balaban J connectivity index is 1.35. The lowest BCUT2D eigenvalue weighted by atomic mass is 10.0. The lowest BCUT2D eigenvalue weighted by Gasteiger charge is -2.09. The minimum atomic E-state index is -0.306. The van der Waals surface area contributed by atoms with Crippen molar-refractivity contribution < 1.29 is 9.18 Å². The number of carbonyl (C=O) groups is 1. The van der Waals surface area contributed by atoms with Crippen molar-refractivity contribution >= 4 is 29.0 Å². The van der Waals surface area contributed by atoms with Gasteiger partial charge in [0.05, 0.1) is 5.75 Å². The third kappa shape index (κ3) is 5.41. The van der Waals surface area contributed by atoms with Crippen molar-refractivity contribution in [2.75, 3.05) is 0 Å². The normalized spacial score (nSPS) is 11.1. The molecule has 0 fully saturated rings. The van der Waals surface area contributed by atoms with E-state index in [4.69, 9.17) is 0 Å². The molecule has 1 amide bonds. The topological polar surface area (TPSA) is 72.7 Å². The van der Waals surface area contributed by atoms with Crippen molar-refractivity contribution in [1.82, 2.24) is 25.1 Å². The molecule has 0 radical (unpaired) electrons. The Hall–Kier alpha value is -3.04. The molecule has 4 rings (SSSR count). The highest BCUT2D eigenvalue weighted by molar-refractivity contribution is 7.98. The van der Waals surface area contributed by atoms with Crippen LogP contribution in [0.15, 0.2) is 66.1 Å². The summed E-state index contributed by atoms with van der Waals surface area (Å²) in [6.45, 7) is 4.65. The molecule has 0 atom stereocenters. The summed E-state index contributed by atoms with van der Waals surface area (Å²) >= 11 is 2.80. The van der Waals surface area contributed by atoms with Gasteiger partial charge in [-0.25, -0.2) is 9.37 Å². The molecule has 0 spiro atoms. The maximum atomic E-state index is 13.0. The molecule has 0 unspecified atom stereocenters. The quantitative estimate of drug-likeness (QED) is 0.360. The van der Waals surface area contributed by atoms with Crippen LogP contribution in [0.2, 0.25) is 0 Å². The third-order valence-corrected chi connectivity index (χ3v) is 6.88. The summed E-state index contributed by atoms with van der Waals surface area (Å²) in [5, 5.41) is 12.8. The maximum absolute atomic E-state index is 13.0. The monoisotopic (exact) mass is 467 g/mol. The lowest BCUT2D eigenvalue weighted by molar-refractivity contribution is 0.0950. The van der Waals surface area contributed by atoms with Gasteiger partial charge in [-0.1, -0.05) is 61.2 Å². The molecule has 0 bridgehead atoms. The SMILES string of the molecule is CC(C)c1ccc(-n2ccnc2SCc2nnc(C(=O)NCc3ccc(F)cc3)s2)cc1. The molecule has 4 aromatic rings. The number of rotatable bonds is 8. The molecule has 0 saturated carbocycles. The summed E-state index contributed by atoms with van der Waals surface area (Å²) in [4.78, 5) is 16.8. The fraction of sp³-hybridized carbons (Fsp3) is 0.217. The fourth-order valence-corrected chi connectivity index (χ4v) is 4.72. The van der Waals surface area contributed by atoms with E-state index in [9.17, 15) is 9.18 Å². The van der Waals surface area contributed by atoms with E-state index in [1.807, 2.05) is 10.8 Å². The number of hydrogen-bond donors (Lipinski definition) is 1. The summed E-state index contributed by atoms with van der Waals surface area (Å²) in [5.74, 6) is 0.443. The molecule has 32 heavy (non-hydrogen) atoms. The molecule has 164 valence electrons. The van der Waals surface area contributed by atoms with Crippen LogP contribution in [0.1, 0.15) is 45.7 Å². The number of imidazole rings is 1. The molecule has 1 N–H and O–H groups in total. The van der Waals surface area contributed by atoms with Gasteiger partial charge in [-0.05, 0) is 41.3 Å². The highest BCUT2D eigenvalue weighted by Crippen LogP contribution is 2.26. The number of amides is 1. The summed E-state index contributed by atoms with van der Waals surface area (Å²) in [6.07, 6.45) is 3.70. The first-order valence-electron chi connectivity index (χ1n) is 10.1. The number of benzene rings is 2. The standard InChI is InChI=1S/C23H22FN5OS2/c1-15(2)17-5-9-19(10-6-17)29-12-11-25-23(29)31-14-20-27-28-22(32-20)21(30)26-13-16-3-7-18(24)8-4-16/h3-12,15H,13-14H2,1-2H3,(H,26,30). The molecular formula is C23H22FN5OS2. The molecule has 0 saturated heterocycles. The molecule has 2 aromatic heterocycles. The number of aromatic nitrogens is 4. The van der Waals surface area contributed by atoms with Gasteiger partial charge in [-0.15, -0.1) is 10.2 Å². The minimum absolute atomic E-state index is 0.296. The highest BCUT2D eigenvalue weighted by Gasteiger charge is 2.14. The Morgan fingerprint density at radius 3 is 2.59 bits per heavy atom. The molecule has 9 heteroatoms. The van der Waals surface area contributed by atoms with Crippen LogP contribution in [-0.4, -0.2) is 25.7 Å². The van der Waals surface area contributed by atoms with E-state index >= 15 is 0 Å². The average Bonchev–Trinajstić information content (AvgIpc) is 3.47. The van der Waals surface area contributed by atoms with Crippen molar-refractivity contribution in [3.05, 3.63) is 87.9 Å². The van der Waals surface area contributed by atoms with E-state index in [0.717, 1.165) is 21.4 Å². The maximum Gasteiger partial charge on any atom is 0.282 e. The molecule has 2 aromatic carbocycles. The van der Waals surface area contributed by atoms with Crippen molar-refractivity contribution in [1.29, 1.82) is 0 Å². The van der Waals surface area contributed by atoms with E-state index < -0.39 is 0 Å². The predicted molar refractivity (Wildman–Crippen MR) is 125 cm³/mol. The second-order valence-corrected chi connectivity index (χ2v) is 9.43. The zero-order chi connectivity index (χ0) is 22.5. The third-order valence-electron chi connectivity index (χ3n) is 4.80. The Morgan fingerprint density at radius 2 is 1.88 bits per heavy atom. The number of halogens is 1. The first kappa shape index (κ1) is 22.2. The Labute approximate surface area is 193 Å². The van der Waals surface area contributed by atoms with Crippen molar-refractivity contribution in [3.8, 4) is 5.69 Å². The Bertz CT molecular complexity index is 1190. The first-order chi connectivity index (χ1) is 15.5. The summed E-state index contributed by atoms with van der Waals surface area (Å²) < 4.78 is 15.0. The van der Waals surface area contributed by atoms with E-state index in [1.165, 1.54) is 29.0 Å². The molecule has 6 nitrogen and oxygen atoms in total. The lowest BCUT2D eigenvalue weighted by Crippen LogP contribution is -2.22. The largest absolute Gasteiger partial charge is 0.346 e. The number of hydrogen-bond acceptors (Lipinski definition) is 6. The van der Waals surface area contributed by atoms with Gasteiger partial charge < -0.3 is 5.32 Å². The first-order valence-corrected chi connectivity index (χ1v) is 11.9. The van der Waals surface area contributed by atoms with Gasteiger partial charge in [0.1, 0.15) is 10.8 Å². The van der Waals surface area contributed by atoms with Crippen LogP contribution in [0.3, 0.4) is 0 Å². The predicted octanol–water partition coefficient (Wildman–Crippen LogP) is 5.21. The van der Waals surface area contributed by atoms with Gasteiger partial charge in [0.2, 0.25) is 5.01 Å². The second-order valence-electron chi connectivity index (χ2n) is 7.42. The van der Waals surface area contributed by atoms with Crippen LogP contribution >= 0.6 is 23.1 Å². The van der Waals surface area contributed by atoms with Gasteiger partial charge in [-0.3, -0.25) is 9.36 Å². The highest BCUT2D eigenvalue weighted by atomic mass is 32.2. The van der Waals surface area contributed by atoms with E-state index in [2.05, 4.69) is 58.6 Å². The smallest absolute Gasteiger partial charge is 0.282 e. The van der Waals surface area contributed by atoms with Gasteiger partial charge in [-0.2, -0.15) is 0 Å². The van der Waals surface area contributed by atoms with E-state index in [-0.39, 0.29) is 11.7 Å². The van der Waals surface area contributed by atoms with Gasteiger partial charge in [0.25, 0.3) is 5.91 Å². The Kier molecular flexibility index (Phi) is 6.96. The van der Waals surface area contributed by atoms with E-state index in [1.54, 1.807) is 30.1 Å². The summed E-state index contributed by atoms with van der Waals surface area (Å²) in [6, 6.07) is 14.5.